The lowest BCUT2D eigenvalue weighted by Gasteiger charge is -2.21. The SMILES string of the molecule is CCc1ccccc1N(C(C)=O)c1nc(CN(C)CC(=O)N(C)C)cs1. The Bertz CT molecular complexity index is 772. The van der Waals surface area contributed by atoms with E-state index in [1.807, 2.05) is 41.6 Å². The van der Waals surface area contributed by atoms with Gasteiger partial charge in [0.05, 0.1) is 17.9 Å². The van der Waals surface area contributed by atoms with Crippen molar-refractivity contribution in [2.45, 2.75) is 26.8 Å². The summed E-state index contributed by atoms with van der Waals surface area (Å²) in [4.78, 5) is 33.9. The van der Waals surface area contributed by atoms with Crippen molar-refractivity contribution in [2.24, 2.45) is 0 Å². The molecule has 0 saturated heterocycles. The first-order valence-corrected chi connectivity index (χ1v) is 9.43. The first-order chi connectivity index (χ1) is 12.3. The van der Waals surface area contributed by atoms with E-state index in [2.05, 4.69) is 11.9 Å². The molecule has 0 unspecified atom stereocenters. The van der Waals surface area contributed by atoms with Crippen molar-refractivity contribution in [3.8, 4) is 0 Å². The third kappa shape index (κ3) is 4.89. The van der Waals surface area contributed by atoms with Crippen molar-refractivity contribution in [3.05, 3.63) is 40.9 Å². The van der Waals surface area contributed by atoms with E-state index in [0.717, 1.165) is 23.4 Å². The normalized spacial score (nSPS) is 10.8. The molecule has 0 aliphatic heterocycles. The van der Waals surface area contributed by atoms with Crippen molar-refractivity contribution in [1.82, 2.24) is 14.8 Å². The van der Waals surface area contributed by atoms with Crippen LogP contribution in [0.5, 0.6) is 0 Å². The second-order valence-corrected chi connectivity index (χ2v) is 7.26. The molecule has 0 atom stereocenters. The van der Waals surface area contributed by atoms with E-state index in [1.165, 1.54) is 11.3 Å². The average Bonchev–Trinajstić information content (AvgIpc) is 3.02. The molecular formula is C19H26N4O2S. The molecule has 1 heterocycles. The largest absolute Gasteiger partial charge is 0.348 e. The van der Waals surface area contributed by atoms with Gasteiger partial charge in [-0.15, -0.1) is 11.3 Å². The zero-order chi connectivity index (χ0) is 19.3. The Labute approximate surface area is 159 Å². The predicted molar refractivity (Wildman–Crippen MR) is 106 cm³/mol. The second-order valence-electron chi connectivity index (χ2n) is 6.42. The first-order valence-electron chi connectivity index (χ1n) is 8.55. The number of amides is 2. The molecule has 2 aromatic rings. The number of benzene rings is 1. The lowest BCUT2D eigenvalue weighted by molar-refractivity contribution is -0.129. The molecule has 2 rings (SSSR count). The van der Waals surface area contributed by atoms with Gasteiger partial charge in [-0.1, -0.05) is 25.1 Å². The molecule has 1 aromatic carbocycles. The number of hydrogen-bond acceptors (Lipinski definition) is 5. The Balaban J connectivity index is 2.20. The Kier molecular flexibility index (Phi) is 6.88. The average molecular weight is 375 g/mol. The number of anilines is 2. The fourth-order valence-corrected chi connectivity index (χ4v) is 3.48. The molecule has 0 aliphatic carbocycles. The van der Waals surface area contributed by atoms with Crippen LogP contribution in [0.15, 0.2) is 29.6 Å². The number of nitrogens with zero attached hydrogens (tertiary/aromatic N) is 4. The van der Waals surface area contributed by atoms with Crippen LogP contribution in [0.4, 0.5) is 10.8 Å². The van der Waals surface area contributed by atoms with Gasteiger partial charge >= 0.3 is 0 Å². The van der Waals surface area contributed by atoms with Crippen LogP contribution in [0, 0.1) is 0 Å². The van der Waals surface area contributed by atoms with Crippen LogP contribution in [0.25, 0.3) is 0 Å². The van der Waals surface area contributed by atoms with Crippen LogP contribution < -0.4 is 4.90 Å². The number of carbonyl (C=O) groups excluding carboxylic acids is 2. The molecule has 7 heteroatoms. The van der Waals surface area contributed by atoms with Gasteiger partial charge in [-0.3, -0.25) is 19.4 Å². The van der Waals surface area contributed by atoms with Gasteiger partial charge in [0.25, 0.3) is 0 Å². The van der Waals surface area contributed by atoms with Crippen LogP contribution in [0.1, 0.15) is 25.1 Å². The predicted octanol–water partition coefficient (Wildman–Crippen LogP) is 2.91. The zero-order valence-electron chi connectivity index (χ0n) is 16.0. The highest BCUT2D eigenvalue weighted by Crippen LogP contribution is 2.31. The maximum absolute atomic E-state index is 12.3. The van der Waals surface area contributed by atoms with E-state index in [-0.39, 0.29) is 11.8 Å². The minimum absolute atomic E-state index is 0.0465. The van der Waals surface area contributed by atoms with Crippen LogP contribution in [0.2, 0.25) is 0 Å². The number of rotatable bonds is 7. The standard InChI is InChI=1S/C19H26N4O2S/c1-6-15-9-7-8-10-17(15)23(14(2)24)19-20-16(13-26-19)11-22(5)12-18(25)21(3)4/h7-10,13H,6,11-12H2,1-5H3. The van der Waals surface area contributed by atoms with Gasteiger partial charge in [-0.05, 0) is 25.1 Å². The number of likely N-dealkylation sites (N-methyl/N-ethyl adjacent to an activating group) is 2. The zero-order valence-corrected chi connectivity index (χ0v) is 16.8. The van der Waals surface area contributed by atoms with Crippen molar-refractivity contribution in [1.29, 1.82) is 0 Å². The van der Waals surface area contributed by atoms with Gasteiger partial charge in [0.15, 0.2) is 5.13 Å². The highest BCUT2D eigenvalue weighted by molar-refractivity contribution is 7.14. The molecule has 0 N–H and O–H groups in total. The molecule has 140 valence electrons. The van der Waals surface area contributed by atoms with Crippen LogP contribution in [0.3, 0.4) is 0 Å². The van der Waals surface area contributed by atoms with E-state index < -0.39 is 0 Å². The van der Waals surface area contributed by atoms with Gasteiger partial charge in [0, 0.05) is 32.9 Å². The molecule has 26 heavy (non-hydrogen) atoms. The summed E-state index contributed by atoms with van der Waals surface area (Å²) in [5, 5.41) is 2.59. The quantitative estimate of drug-likeness (QED) is 0.748. The molecule has 0 radical (unpaired) electrons. The van der Waals surface area contributed by atoms with Crippen molar-refractivity contribution < 1.29 is 9.59 Å². The summed E-state index contributed by atoms with van der Waals surface area (Å²) in [5.74, 6) is -0.0203. The number of aryl methyl sites for hydroxylation is 1. The van der Waals surface area contributed by atoms with E-state index >= 15 is 0 Å². The van der Waals surface area contributed by atoms with E-state index in [9.17, 15) is 9.59 Å². The van der Waals surface area contributed by atoms with Gasteiger partial charge in [-0.25, -0.2) is 4.98 Å². The summed E-state index contributed by atoms with van der Waals surface area (Å²) >= 11 is 1.44. The summed E-state index contributed by atoms with van der Waals surface area (Å²) in [6, 6.07) is 7.88. The van der Waals surface area contributed by atoms with Crippen molar-refractivity contribution in [2.75, 3.05) is 32.6 Å². The first kappa shape index (κ1) is 20.1. The smallest absolute Gasteiger partial charge is 0.236 e. The summed E-state index contributed by atoms with van der Waals surface area (Å²) in [6.07, 6.45) is 0.841. The summed E-state index contributed by atoms with van der Waals surface area (Å²) in [5.41, 5.74) is 2.83. The maximum atomic E-state index is 12.3. The highest BCUT2D eigenvalue weighted by atomic mass is 32.1. The fourth-order valence-electron chi connectivity index (χ4n) is 2.61. The van der Waals surface area contributed by atoms with Gasteiger partial charge < -0.3 is 4.90 Å². The number of para-hydroxylation sites is 1. The molecule has 0 fully saturated rings. The summed E-state index contributed by atoms with van der Waals surface area (Å²) in [6.45, 7) is 4.50. The Morgan fingerprint density at radius 3 is 2.46 bits per heavy atom. The number of carbonyl (C=O) groups is 2. The van der Waals surface area contributed by atoms with Crippen LogP contribution in [-0.4, -0.2) is 54.3 Å². The monoisotopic (exact) mass is 374 g/mol. The number of aromatic nitrogens is 1. The molecule has 2 amide bonds. The third-order valence-corrected chi connectivity index (χ3v) is 4.87. The van der Waals surface area contributed by atoms with Crippen molar-refractivity contribution >= 4 is 34.0 Å². The third-order valence-electron chi connectivity index (χ3n) is 4.00. The molecule has 1 aromatic heterocycles. The highest BCUT2D eigenvalue weighted by Gasteiger charge is 2.20. The van der Waals surface area contributed by atoms with Gasteiger partial charge in [0.1, 0.15) is 0 Å². The maximum Gasteiger partial charge on any atom is 0.236 e. The van der Waals surface area contributed by atoms with E-state index in [4.69, 9.17) is 0 Å². The van der Waals surface area contributed by atoms with Gasteiger partial charge in [0.2, 0.25) is 11.8 Å². The van der Waals surface area contributed by atoms with Crippen LogP contribution >= 0.6 is 11.3 Å². The molecule has 0 saturated carbocycles. The van der Waals surface area contributed by atoms with Gasteiger partial charge in [-0.2, -0.15) is 0 Å². The topological polar surface area (TPSA) is 56.8 Å². The number of thiazole rings is 1. The van der Waals surface area contributed by atoms with Crippen molar-refractivity contribution in [3.63, 3.8) is 0 Å². The summed E-state index contributed by atoms with van der Waals surface area (Å²) < 4.78 is 0. The second kappa shape index (κ2) is 8.91. The van der Waals surface area contributed by atoms with E-state index in [1.54, 1.807) is 30.8 Å². The number of hydrogen-bond donors (Lipinski definition) is 0. The fraction of sp³-hybridized carbons (Fsp3) is 0.421. The molecule has 0 bridgehead atoms. The lowest BCUT2D eigenvalue weighted by Crippen LogP contribution is -2.34. The Morgan fingerprint density at radius 1 is 1.15 bits per heavy atom. The Morgan fingerprint density at radius 2 is 1.85 bits per heavy atom. The minimum atomic E-state index is -0.0667. The van der Waals surface area contributed by atoms with Crippen LogP contribution in [-0.2, 0) is 22.6 Å². The lowest BCUT2D eigenvalue weighted by atomic mass is 10.1. The molecular weight excluding hydrogens is 348 g/mol. The minimum Gasteiger partial charge on any atom is -0.348 e. The molecule has 0 spiro atoms. The molecule has 0 aliphatic rings. The van der Waals surface area contributed by atoms with E-state index in [0.29, 0.717) is 18.2 Å². The Hall–Kier alpha value is -2.25. The summed E-state index contributed by atoms with van der Waals surface area (Å²) in [7, 11) is 5.37. The molecule has 6 nitrogen and oxygen atoms in total.